The molecule has 7 heteroatoms. The molecule has 0 spiro atoms. The molecular weight excluding hydrogens is 276 g/mol. The lowest BCUT2D eigenvalue weighted by molar-refractivity contribution is 0.238. The zero-order chi connectivity index (χ0) is 13.8. The van der Waals surface area contributed by atoms with Crippen molar-refractivity contribution in [3.63, 3.8) is 0 Å². The lowest BCUT2D eigenvalue weighted by atomic mass is 10.2. The van der Waals surface area contributed by atoms with Crippen molar-refractivity contribution in [2.24, 2.45) is 5.92 Å². The van der Waals surface area contributed by atoms with Gasteiger partial charge in [-0.25, -0.2) is 13.1 Å². The molecule has 0 aliphatic rings. The molecule has 0 heterocycles. The molecule has 98 valence electrons. The molecule has 5 nitrogen and oxygen atoms in total. The summed E-state index contributed by atoms with van der Waals surface area (Å²) in [5.74, 6) is -0.204. The summed E-state index contributed by atoms with van der Waals surface area (Å²) in [6, 6.07) is 5.84. The number of hydrogen-bond donors (Lipinski definition) is 2. The van der Waals surface area contributed by atoms with Gasteiger partial charge in [0.2, 0.25) is 10.0 Å². The number of nitrogens with one attached hydrogen (secondary N) is 1. The molecule has 1 rings (SSSR count). The first-order valence-electron chi connectivity index (χ1n) is 5.21. The van der Waals surface area contributed by atoms with Gasteiger partial charge in [0.05, 0.1) is 5.56 Å². The van der Waals surface area contributed by atoms with E-state index < -0.39 is 10.0 Å². The minimum Gasteiger partial charge on any atom is -0.396 e. The van der Waals surface area contributed by atoms with Crippen molar-refractivity contribution in [2.75, 3.05) is 13.2 Å². The number of nitrogens with zero attached hydrogens (tertiary/aromatic N) is 1. The van der Waals surface area contributed by atoms with Crippen LogP contribution in [0.3, 0.4) is 0 Å². The molecule has 0 fully saturated rings. The van der Waals surface area contributed by atoms with Crippen LogP contribution in [0.2, 0.25) is 5.02 Å². The van der Waals surface area contributed by atoms with Crippen LogP contribution >= 0.6 is 11.6 Å². The van der Waals surface area contributed by atoms with Crippen LogP contribution in [0.15, 0.2) is 23.1 Å². The fourth-order valence-electron chi connectivity index (χ4n) is 1.21. The smallest absolute Gasteiger partial charge is 0.241 e. The third-order valence-electron chi connectivity index (χ3n) is 2.29. The fraction of sp³-hybridized carbons (Fsp3) is 0.364. The molecule has 1 atom stereocenters. The van der Waals surface area contributed by atoms with E-state index in [4.69, 9.17) is 22.0 Å². The highest BCUT2D eigenvalue weighted by atomic mass is 35.5. The van der Waals surface area contributed by atoms with Crippen LogP contribution in [0.25, 0.3) is 0 Å². The van der Waals surface area contributed by atoms with Gasteiger partial charge in [0.1, 0.15) is 11.0 Å². The highest BCUT2D eigenvalue weighted by Crippen LogP contribution is 2.20. The van der Waals surface area contributed by atoms with Gasteiger partial charge in [0.15, 0.2) is 0 Å². The summed E-state index contributed by atoms with van der Waals surface area (Å²) in [7, 11) is -3.80. The van der Waals surface area contributed by atoms with E-state index in [1.807, 2.05) is 0 Å². The highest BCUT2D eigenvalue weighted by molar-refractivity contribution is 7.89. The van der Waals surface area contributed by atoms with E-state index in [9.17, 15) is 8.42 Å². The maximum Gasteiger partial charge on any atom is 0.241 e. The fourth-order valence-corrected chi connectivity index (χ4v) is 2.79. The summed E-state index contributed by atoms with van der Waals surface area (Å²) in [6.07, 6.45) is 0. The first kappa shape index (κ1) is 14.9. The average molecular weight is 289 g/mol. The average Bonchev–Trinajstić information content (AvgIpc) is 2.36. The standard InChI is InChI=1S/C11H13ClN2O3S/c1-8(7-15)6-14-18(16,17)11-4-10(12)3-2-9(11)5-13/h2-4,8,14-15H,6-7H2,1H3. The number of nitriles is 1. The Bertz CT molecular complexity index is 566. The van der Waals surface area contributed by atoms with Crippen molar-refractivity contribution in [2.45, 2.75) is 11.8 Å². The molecule has 1 aromatic rings. The molecule has 0 aromatic heterocycles. The van der Waals surface area contributed by atoms with Crippen LogP contribution in [0.1, 0.15) is 12.5 Å². The monoisotopic (exact) mass is 288 g/mol. The number of sulfonamides is 1. The number of halogens is 1. The van der Waals surface area contributed by atoms with Gasteiger partial charge < -0.3 is 5.11 Å². The number of aliphatic hydroxyl groups excluding tert-OH is 1. The summed E-state index contributed by atoms with van der Waals surface area (Å²) in [5.41, 5.74) is 0.0311. The first-order valence-corrected chi connectivity index (χ1v) is 7.07. The summed E-state index contributed by atoms with van der Waals surface area (Å²) in [4.78, 5) is -0.150. The summed E-state index contributed by atoms with van der Waals surface area (Å²) < 4.78 is 26.3. The minimum absolute atomic E-state index is 0.0311. The SMILES string of the molecule is CC(CO)CNS(=O)(=O)c1cc(Cl)ccc1C#N. The lowest BCUT2D eigenvalue weighted by Crippen LogP contribution is -2.30. The van der Waals surface area contributed by atoms with Crippen molar-refractivity contribution < 1.29 is 13.5 Å². The van der Waals surface area contributed by atoms with E-state index in [1.165, 1.54) is 18.2 Å². The Labute approximate surface area is 111 Å². The lowest BCUT2D eigenvalue weighted by Gasteiger charge is -2.11. The molecule has 0 radical (unpaired) electrons. The molecule has 0 bridgehead atoms. The molecular formula is C11H13ClN2O3S. The Balaban J connectivity index is 3.05. The van der Waals surface area contributed by atoms with Gasteiger partial charge in [0, 0.05) is 18.2 Å². The maximum atomic E-state index is 12.0. The van der Waals surface area contributed by atoms with Gasteiger partial charge in [-0.3, -0.25) is 0 Å². The number of hydrogen-bond acceptors (Lipinski definition) is 4. The molecule has 2 N–H and O–H groups in total. The van der Waals surface area contributed by atoms with Crippen LogP contribution in [-0.4, -0.2) is 26.7 Å². The summed E-state index contributed by atoms with van der Waals surface area (Å²) in [5, 5.41) is 18.0. The zero-order valence-electron chi connectivity index (χ0n) is 9.72. The first-order chi connectivity index (χ1) is 8.40. The third-order valence-corrected chi connectivity index (χ3v) is 3.99. The molecule has 0 amide bonds. The second-order valence-electron chi connectivity index (χ2n) is 3.89. The van der Waals surface area contributed by atoms with Crippen LogP contribution in [0, 0.1) is 17.2 Å². The van der Waals surface area contributed by atoms with Gasteiger partial charge in [-0.1, -0.05) is 18.5 Å². The van der Waals surface area contributed by atoms with Crippen molar-refractivity contribution in [3.05, 3.63) is 28.8 Å². The quantitative estimate of drug-likeness (QED) is 0.849. The van der Waals surface area contributed by atoms with Crippen LogP contribution in [0.4, 0.5) is 0 Å². The normalized spacial score (nSPS) is 13.0. The second kappa shape index (κ2) is 6.16. The molecule has 0 saturated heterocycles. The topological polar surface area (TPSA) is 90.2 Å². The van der Waals surface area contributed by atoms with E-state index in [2.05, 4.69) is 4.72 Å². The second-order valence-corrected chi connectivity index (χ2v) is 6.06. The third kappa shape index (κ3) is 3.68. The highest BCUT2D eigenvalue weighted by Gasteiger charge is 2.19. The molecule has 0 aliphatic carbocycles. The molecule has 0 aliphatic heterocycles. The van der Waals surface area contributed by atoms with Crippen LogP contribution in [-0.2, 0) is 10.0 Å². The van der Waals surface area contributed by atoms with Gasteiger partial charge >= 0.3 is 0 Å². The molecule has 0 saturated carbocycles. The van der Waals surface area contributed by atoms with Gasteiger partial charge in [-0.05, 0) is 24.1 Å². The van der Waals surface area contributed by atoms with Crippen molar-refractivity contribution >= 4 is 21.6 Å². The summed E-state index contributed by atoms with van der Waals surface area (Å²) >= 11 is 5.73. The zero-order valence-corrected chi connectivity index (χ0v) is 11.3. The molecule has 1 aromatic carbocycles. The Hall–Kier alpha value is -1.13. The largest absolute Gasteiger partial charge is 0.396 e. The van der Waals surface area contributed by atoms with Gasteiger partial charge in [-0.15, -0.1) is 0 Å². The summed E-state index contributed by atoms with van der Waals surface area (Å²) in [6.45, 7) is 1.67. The molecule has 1 unspecified atom stereocenters. The van der Waals surface area contributed by atoms with Crippen LogP contribution < -0.4 is 4.72 Å². The van der Waals surface area contributed by atoms with E-state index >= 15 is 0 Å². The number of aliphatic hydroxyl groups is 1. The molecule has 18 heavy (non-hydrogen) atoms. The Morgan fingerprint density at radius 2 is 2.22 bits per heavy atom. The predicted octanol–water partition coefficient (Wildman–Crippen LogP) is 1.12. The van der Waals surface area contributed by atoms with Gasteiger partial charge in [0.25, 0.3) is 0 Å². The predicted molar refractivity (Wildman–Crippen MR) is 67.6 cm³/mol. The maximum absolute atomic E-state index is 12.0. The van der Waals surface area contributed by atoms with Crippen molar-refractivity contribution in [3.8, 4) is 6.07 Å². The van der Waals surface area contributed by atoms with Crippen molar-refractivity contribution in [1.29, 1.82) is 5.26 Å². The Morgan fingerprint density at radius 3 is 2.78 bits per heavy atom. The van der Waals surface area contributed by atoms with E-state index in [-0.39, 0.29) is 34.6 Å². The minimum atomic E-state index is -3.80. The number of benzene rings is 1. The van der Waals surface area contributed by atoms with Crippen molar-refractivity contribution in [1.82, 2.24) is 4.72 Å². The number of rotatable bonds is 5. The van der Waals surface area contributed by atoms with E-state index in [1.54, 1.807) is 13.0 Å². The van der Waals surface area contributed by atoms with E-state index in [0.717, 1.165) is 0 Å². The van der Waals surface area contributed by atoms with Gasteiger partial charge in [-0.2, -0.15) is 5.26 Å². The van der Waals surface area contributed by atoms with E-state index in [0.29, 0.717) is 0 Å². The van der Waals surface area contributed by atoms with Crippen LogP contribution in [0.5, 0.6) is 0 Å². The Kier molecular flexibility index (Phi) is 5.11. The Morgan fingerprint density at radius 1 is 1.56 bits per heavy atom.